The highest BCUT2D eigenvalue weighted by molar-refractivity contribution is 5.77. The standard InChI is InChI=1S/C20H26N2O3/c1-14-19(15(2)25-21-14)10-11-20(23)22-12-4-5-17(22)13-16-6-8-18(24-3)9-7-16/h6-9,17H,4-5,10-13H2,1-3H3/t17-/m0/s1. The molecule has 1 fully saturated rings. The number of ether oxygens (including phenoxy) is 1. The quantitative estimate of drug-likeness (QED) is 0.807. The van der Waals surface area contributed by atoms with E-state index >= 15 is 0 Å². The van der Waals surface area contributed by atoms with Gasteiger partial charge in [-0.25, -0.2) is 0 Å². The second-order valence-electron chi connectivity index (χ2n) is 6.74. The van der Waals surface area contributed by atoms with Crippen LogP contribution < -0.4 is 4.74 Å². The number of rotatable bonds is 6. The zero-order chi connectivity index (χ0) is 17.8. The average Bonchev–Trinajstić information content (AvgIpc) is 3.20. The molecule has 2 heterocycles. The summed E-state index contributed by atoms with van der Waals surface area (Å²) in [5, 5.41) is 3.97. The Kier molecular flexibility index (Phi) is 5.41. The molecule has 0 unspecified atom stereocenters. The van der Waals surface area contributed by atoms with Gasteiger partial charge in [-0.2, -0.15) is 0 Å². The van der Waals surface area contributed by atoms with Gasteiger partial charge in [0, 0.05) is 24.6 Å². The normalized spacial score (nSPS) is 17.1. The minimum Gasteiger partial charge on any atom is -0.497 e. The van der Waals surface area contributed by atoms with Gasteiger partial charge in [-0.15, -0.1) is 0 Å². The maximum atomic E-state index is 12.7. The first-order valence-electron chi connectivity index (χ1n) is 8.92. The molecule has 0 N–H and O–H groups in total. The van der Waals surface area contributed by atoms with Gasteiger partial charge in [0.05, 0.1) is 12.8 Å². The van der Waals surface area contributed by atoms with E-state index in [-0.39, 0.29) is 5.91 Å². The second kappa shape index (κ2) is 7.72. The lowest BCUT2D eigenvalue weighted by Gasteiger charge is -2.25. The summed E-state index contributed by atoms with van der Waals surface area (Å²) in [7, 11) is 1.67. The molecule has 0 bridgehead atoms. The topological polar surface area (TPSA) is 55.6 Å². The van der Waals surface area contributed by atoms with E-state index in [9.17, 15) is 4.79 Å². The van der Waals surface area contributed by atoms with E-state index in [2.05, 4.69) is 22.2 Å². The van der Waals surface area contributed by atoms with Crippen LogP contribution in [0.25, 0.3) is 0 Å². The van der Waals surface area contributed by atoms with E-state index in [1.165, 1.54) is 5.56 Å². The summed E-state index contributed by atoms with van der Waals surface area (Å²) in [5.74, 6) is 1.92. The molecular formula is C20H26N2O3. The maximum Gasteiger partial charge on any atom is 0.223 e. The largest absolute Gasteiger partial charge is 0.497 e. The Morgan fingerprint density at radius 2 is 2.08 bits per heavy atom. The molecule has 0 spiro atoms. The van der Waals surface area contributed by atoms with Crippen LogP contribution >= 0.6 is 0 Å². The molecule has 0 aliphatic carbocycles. The monoisotopic (exact) mass is 342 g/mol. The molecule has 1 amide bonds. The molecule has 5 nitrogen and oxygen atoms in total. The molecular weight excluding hydrogens is 316 g/mol. The van der Waals surface area contributed by atoms with Crippen LogP contribution in [0.3, 0.4) is 0 Å². The predicted molar refractivity (Wildman–Crippen MR) is 95.7 cm³/mol. The van der Waals surface area contributed by atoms with Crippen molar-refractivity contribution in [1.29, 1.82) is 0 Å². The van der Waals surface area contributed by atoms with Crippen molar-refractivity contribution in [2.45, 2.75) is 52.0 Å². The maximum absolute atomic E-state index is 12.7. The number of amides is 1. The Hall–Kier alpha value is -2.30. The lowest BCUT2D eigenvalue weighted by Crippen LogP contribution is -2.37. The van der Waals surface area contributed by atoms with Crippen LogP contribution in [0.2, 0.25) is 0 Å². The van der Waals surface area contributed by atoms with Gasteiger partial charge in [0.1, 0.15) is 11.5 Å². The highest BCUT2D eigenvalue weighted by Crippen LogP contribution is 2.24. The number of likely N-dealkylation sites (tertiary alicyclic amines) is 1. The fourth-order valence-electron chi connectivity index (χ4n) is 3.64. The lowest BCUT2D eigenvalue weighted by atomic mass is 10.0. The number of hydrogen-bond donors (Lipinski definition) is 0. The van der Waals surface area contributed by atoms with Crippen LogP contribution in [0.5, 0.6) is 5.75 Å². The molecule has 1 saturated heterocycles. The van der Waals surface area contributed by atoms with E-state index in [4.69, 9.17) is 9.26 Å². The highest BCUT2D eigenvalue weighted by Gasteiger charge is 2.28. The van der Waals surface area contributed by atoms with Crippen molar-refractivity contribution in [3.63, 3.8) is 0 Å². The van der Waals surface area contributed by atoms with Crippen LogP contribution in [0.15, 0.2) is 28.8 Å². The summed E-state index contributed by atoms with van der Waals surface area (Å²) in [6, 6.07) is 8.43. The lowest BCUT2D eigenvalue weighted by molar-refractivity contribution is -0.131. The van der Waals surface area contributed by atoms with Gasteiger partial charge in [-0.1, -0.05) is 17.3 Å². The van der Waals surface area contributed by atoms with E-state index in [1.807, 2.05) is 26.0 Å². The Balaban J connectivity index is 1.59. The number of hydrogen-bond acceptors (Lipinski definition) is 4. The number of carbonyl (C=O) groups excluding carboxylic acids is 1. The zero-order valence-corrected chi connectivity index (χ0v) is 15.2. The third-order valence-corrected chi connectivity index (χ3v) is 5.10. The molecule has 1 atom stereocenters. The van der Waals surface area contributed by atoms with Gasteiger partial charge in [-0.05, 0) is 57.2 Å². The van der Waals surface area contributed by atoms with E-state index in [0.717, 1.165) is 48.6 Å². The Morgan fingerprint density at radius 3 is 2.72 bits per heavy atom. The fraction of sp³-hybridized carbons (Fsp3) is 0.500. The smallest absolute Gasteiger partial charge is 0.223 e. The Bertz CT molecular complexity index is 702. The van der Waals surface area contributed by atoms with Gasteiger partial charge in [0.2, 0.25) is 5.91 Å². The van der Waals surface area contributed by atoms with Gasteiger partial charge < -0.3 is 14.2 Å². The van der Waals surface area contributed by atoms with Crippen LogP contribution in [0.1, 0.15) is 41.8 Å². The third-order valence-electron chi connectivity index (χ3n) is 5.10. The van der Waals surface area contributed by atoms with E-state index in [1.54, 1.807) is 7.11 Å². The van der Waals surface area contributed by atoms with Crippen molar-refractivity contribution >= 4 is 5.91 Å². The van der Waals surface area contributed by atoms with E-state index in [0.29, 0.717) is 18.9 Å². The molecule has 134 valence electrons. The van der Waals surface area contributed by atoms with Crippen molar-refractivity contribution in [3.05, 3.63) is 46.8 Å². The first-order chi connectivity index (χ1) is 12.1. The summed E-state index contributed by atoms with van der Waals surface area (Å²) in [6.07, 6.45) is 4.27. The average molecular weight is 342 g/mol. The Morgan fingerprint density at radius 1 is 1.32 bits per heavy atom. The van der Waals surface area contributed by atoms with E-state index < -0.39 is 0 Å². The molecule has 2 aromatic rings. The molecule has 1 aromatic heterocycles. The van der Waals surface area contributed by atoms with Crippen molar-refractivity contribution in [1.82, 2.24) is 10.1 Å². The molecule has 0 radical (unpaired) electrons. The minimum atomic E-state index is 0.232. The molecule has 1 aliphatic heterocycles. The molecule has 5 heteroatoms. The molecule has 3 rings (SSSR count). The number of benzene rings is 1. The minimum absolute atomic E-state index is 0.232. The summed E-state index contributed by atoms with van der Waals surface area (Å²) in [6.45, 7) is 4.70. The molecule has 1 aliphatic rings. The fourth-order valence-corrected chi connectivity index (χ4v) is 3.64. The summed E-state index contributed by atoms with van der Waals surface area (Å²) < 4.78 is 10.4. The number of carbonyl (C=O) groups is 1. The Labute approximate surface area is 148 Å². The molecule has 1 aromatic carbocycles. The summed E-state index contributed by atoms with van der Waals surface area (Å²) in [5.41, 5.74) is 3.21. The number of nitrogens with zero attached hydrogens (tertiary/aromatic N) is 2. The SMILES string of the molecule is COc1ccc(C[C@@H]2CCCN2C(=O)CCc2c(C)noc2C)cc1. The third kappa shape index (κ3) is 4.03. The number of methoxy groups -OCH3 is 1. The van der Waals surface area contributed by atoms with Crippen molar-refractivity contribution in [3.8, 4) is 5.75 Å². The van der Waals surface area contributed by atoms with Crippen LogP contribution in [0, 0.1) is 13.8 Å². The predicted octanol–water partition coefficient (Wildman–Crippen LogP) is 3.47. The van der Waals surface area contributed by atoms with Crippen molar-refractivity contribution in [2.24, 2.45) is 0 Å². The van der Waals surface area contributed by atoms with Crippen LogP contribution in [0.4, 0.5) is 0 Å². The van der Waals surface area contributed by atoms with Gasteiger partial charge in [0.15, 0.2) is 0 Å². The van der Waals surface area contributed by atoms with Gasteiger partial charge >= 0.3 is 0 Å². The van der Waals surface area contributed by atoms with Crippen LogP contribution in [-0.2, 0) is 17.6 Å². The highest BCUT2D eigenvalue weighted by atomic mass is 16.5. The first kappa shape index (κ1) is 17.5. The van der Waals surface area contributed by atoms with Crippen molar-refractivity contribution in [2.75, 3.05) is 13.7 Å². The zero-order valence-electron chi connectivity index (χ0n) is 15.2. The second-order valence-corrected chi connectivity index (χ2v) is 6.74. The summed E-state index contributed by atoms with van der Waals surface area (Å²) >= 11 is 0. The number of aromatic nitrogens is 1. The van der Waals surface area contributed by atoms with Crippen LogP contribution in [-0.4, -0.2) is 35.7 Å². The first-order valence-corrected chi connectivity index (χ1v) is 8.92. The van der Waals surface area contributed by atoms with Gasteiger partial charge in [-0.3, -0.25) is 4.79 Å². The number of aryl methyl sites for hydroxylation is 2. The van der Waals surface area contributed by atoms with Crippen molar-refractivity contribution < 1.29 is 14.1 Å². The summed E-state index contributed by atoms with van der Waals surface area (Å²) in [4.78, 5) is 14.8. The molecule has 0 saturated carbocycles. The molecule has 25 heavy (non-hydrogen) atoms. The van der Waals surface area contributed by atoms with Gasteiger partial charge in [0.25, 0.3) is 0 Å².